The van der Waals surface area contributed by atoms with Crippen molar-refractivity contribution in [2.24, 2.45) is 0 Å². The Morgan fingerprint density at radius 2 is 2.07 bits per heavy atom. The molecule has 1 aromatic carbocycles. The summed E-state index contributed by atoms with van der Waals surface area (Å²) in [7, 11) is 1.17. The van der Waals surface area contributed by atoms with E-state index < -0.39 is 17.8 Å². The molecule has 0 spiro atoms. The van der Waals surface area contributed by atoms with Crippen LogP contribution in [-0.2, 0) is 4.74 Å². The topological polar surface area (TPSA) is 87.0 Å². The molecular weight excluding hydrogens is 188 g/mol. The molecule has 3 N–H and O–H groups in total. The molecule has 0 radical (unpaired) electrons. The molecule has 0 saturated carbocycles. The second-order valence-corrected chi connectivity index (χ2v) is 2.65. The number of carbonyl (C=O) groups is 1. The van der Waals surface area contributed by atoms with Crippen molar-refractivity contribution < 1.29 is 24.9 Å². The number of carbonyl (C=O) groups excluding carboxylic acids is 1. The summed E-state index contributed by atoms with van der Waals surface area (Å²) in [6, 6.07) is 3.44. The Labute approximate surface area is 80.2 Å². The largest absolute Gasteiger partial charge is 0.508 e. The highest BCUT2D eigenvalue weighted by molar-refractivity contribution is 6.00. The van der Waals surface area contributed by atoms with Crippen LogP contribution in [0.25, 0.3) is 0 Å². The van der Waals surface area contributed by atoms with Gasteiger partial charge in [-0.15, -0.1) is 0 Å². The van der Waals surface area contributed by atoms with Crippen molar-refractivity contribution in [3.63, 3.8) is 0 Å². The lowest BCUT2D eigenvalue weighted by atomic mass is 10.1. The first kappa shape index (κ1) is 10.5. The van der Waals surface area contributed by atoms with Gasteiger partial charge in [-0.2, -0.15) is 0 Å². The molecule has 0 saturated heterocycles. The predicted octanol–water partition coefficient (Wildman–Crippen LogP) is 0.245. The number of phenolic OH excluding ortho intramolecular Hbond substituents is 2. The highest BCUT2D eigenvalue weighted by Crippen LogP contribution is 2.23. The summed E-state index contributed by atoms with van der Waals surface area (Å²) < 4.78 is 4.38. The highest BCUT2D eigenvalue weighted by Gasteiger charge is 2.19. The van der Waals surface area contributed by atoms with Crippen LogP contribution in [-0.4, -0.2) is 34.5 Å². The number of phenols is 2. The number of aliphatic hydroxyl groups excluding tert-OH is 1. The van der Waals surface area contributed by atoms with Gasteiger partial charge in [-0.25, -0.2) is 0 Å². The van der Waals surface area contributed by atoms with Gasteiger partial charge in [-0.3, -0.25) is 4.79 Å². The van der Waals surface area contributed by atoms with E-state index in [1.165, 1.54) is 19.2 Å². The molecule has 14 heavy (non-hydrogen) atoms. The van der Waals surface area contributed by atoms with Crippen molar-refractivity contribution in [3.8, 4) is 11.5 Å². The predicted molar refractivity (Wildman–Crippen MR) is 47.1 cm³/mol. The molecule has 0 aliphatic carbocycles. The SMILES string of the molecule is COC(O)C(=O)c1ccc(O)cc1O. The summed E-state index contributed by atoms with van der Waals surface area (Å²) in [4.78, 5) is 11.3. The maximum atomic E-state index is 11.3. The van der Waals surface area contributed by atoms with E-state index in [1.807, 2.05) is 0 Å². The molecule has 0 aliphatic heterocycles. The third-order valence-corrected chi connectivity index (χ3v) is 1.69. The lowest BCUT2D eigenvalue weighted by molar-refractivity contribution is -0.0484. The number of benzene rings is 1. The Morgan fingerprint density at radius 3 is 2.57 bits per heavy atom. The zero-order valence-electron chi connectivity index (χ0n) is 7.47. The van der Waals surface area contributed by atoms with Crippen molar-refractivity contribution in [1.29, 1.82) is 0 Å². The fraction of sp³-hybridized carbons (Fsp3) is 0.222. The first-order chi connectivity index (χ1) is 6.56. The van der Waals surface area contributed by atoms with Gasteiger partial charge in [0.05, 0.1) is 5.56 Å². The zero-order valence-corrected chi connectivity index (χ0v) is 7.47. The first-order valence-corrected chi connectivity index (χ1v) is 3.83. The van der Waals surface area contributed by atoms with E-state index in [1.54, 1.807) is 0 Å². The quantitative estimate of drug-likeness (QED) is 0.478. The molecule has 0 aliphatic rings. The van der Waals surface area contributed by atoms with Crippen molar-refractivity contribution in [3.05, 3.63) is 23.8 Å². The third-order valence-electron chi connectivity index (χ3n) is 1.69. The van der Waals surface area contributed by atoms with E-state index in [0.29, 0.717) is 0 Å². The summed E-state index contributed by atoms with van der Waals surface area (Å²) in [5.41, 5.74) is -0.0999. The minimum atomic E-state index is -1.61. The number of Topliss-reactive ketones (excluding diaryl/α,β-unsaturated/α-hetero) is 1. The Bertz CT molecular complexity index is 347. The summed E-state index contributed by atoms with van der Waals surface area (Å²) in [6.45, 7) is 0. The van der Waals surface area contributed by atoms with Crippen LogP contribution in [0.3, 0.4) is 0 Å². The zero-order chi connectivity index (χ0) is 10.7. The molecule has 0 heterocycles. The van der Waals surface area contributed by atoms with Crippen molar-refractivity contribution >= 4 is 5.78 Å². The van der Waals surface area contributed by atoms with Gasteiger partial charge in [0.2, 0.25) is 12.1 Å². The van der Waals surface area contributed by atoms with Crippen LogP contribution < -0.4 is 0 Å². The van der Waals surface area contributed by atoms with E-state index in [9.17, 15) is 9.90 Å². The third kappa shape index (κ3) is 2.01. The standard InChI is InChI=1S/C9H10O5/c1-14-9(13)8(12)6-3-2-5(10)4-7(6)11/h2-4,9-11,13H,1H3. The Kier molecular flexibility index (Phi) is 3.06. The Balaban J connectivity index is 3.02. The molecule has 0 bridgehead atoms. The maximum absolute atomic E-state index is 11.3. The lowest BCUT2D eigenvalue weighted by Gasteiger charge is -2.08. The normalized spacial score (nSPS) is 12.4. The molecule has 1 aromatic rings. The maximum Gasteiger partial charge on any atom is 0.222 e. The van der Waals surface area contributed by atoms with E-state index in [4.69, 9.17) is 10.2 Å². The van der Waals surface area contributed by atoms with Crippen molar-refractivity contribution in [2.75, 3.05) is 7.11 Å². The van der Waals surface area contributed by atoms with Crippen LogP contribution >= 0.6 is 0 Å². The monoisotopic (exact) mass is 198 g/mol. The van der Waals surface area contributed by atoms with Gasteiger partial charge in [0.15, 0.2) is 0 Å². The second kappa shape index (κ2) is 4.08. The minimum absolute atomic E-state index is 0.0999. The van der Waals surface area contributed by atoms with Gasteiger partial charge >= 0.3 is 0 Å². The number of ketones is 1. The van der Waals surface area contributed by atoms with Crippen LogP contribution in [0.2, 0.25) is 0 Å². The van der Waals surface area contributed by atoms with Crippen LogP contribution in [0.1, 0.15) is 10.4 Å². The smallest absolute Gasteiger partial charge is 0.222 e. The molecular formula is C9H10O5. The summed E-state index contributed by atoms with van der Waals surface area (Å²) in [5, 5.41) is 27.2. The van der Waals surface area contributed by atoms with Crippen LogP contribution in [0.4, 0.5) is 0 Å². The molecule has 0 aromatic heterocycles. The van der Waals surface area contributed by atoms with Gasteiger partial charge in [0.25, 0.3) is 0 Å². The minimum Gasteiger partial charge on any atom is -0.508 e. The first-order valence-electron chi connectivity index (χ1n) is 3.83. The lowest BCUT2D eigenvalue weighted by Crippen LogP contribution is -2.22. The summed E-state index contributed by atoms with van der Waals surface area (Å²) in [6.07, 6.45) is -1.61. The number of methoxy groups -OCH3 is 1. The fourth-order valence-corrected chi connectivity index (χ4v) is 0.968. The summed E-state index contributed by atoms with van der Waals surface area (Å²) in [5.74, 6) is -1.32. The number of hydrogen-bond acceptors (Lipinski definition) is 5. The average molecular weight is 198 g/mol. The van der Waals surface area contributed by atoms with E-state index in [-0.39, 0.29) is 11.3 Å². The van der Waals surface area contributed by atoms with Gasteiger partial charge in [-0.1, -0.05) is 0 Å². The van der Waals surface area contributed by atoms with Gasteiger partial charge in [0.1, 0.15) is 11.5 Å². The van der Waals surface area contributed by atoms with Gasteiger partial charge in [-0.05, 0) is 12.1 Å². The van der Waals surface area contributed by atoms with Crippen LogP contribution in [0.5, 0.6) is 11.5 Å². The van der Waals surface area contributed by atoms with Gasteiger partial charge in [0, 0.05) is 13.2 Å². The number of hydrogen-bond donors (Lipinski definition) is 3. The van der Waals surface area contributed by atoms with E-state index in [2.05, 4.69) is 4.74 Å². The molecule has 1 atom stereocenters. The van der Waals surface area contributed by atoms with E-state index in [0.717, 1.165) is 6.07 Å². The van der Waals surface area contributed by atoms with E-state index >= 15 is 0 Å². The Hall–Kier alpha value is -1.59. The number of rotatable bonds is 3. The molecule has 0 amide bonds. The fourth-order valence-electron chi connectivity index (χ4n) is 0.968. The highest BCUT2D eigenvalue weighted by atomic mass is 16.6. The van der Waals surface area contributed by atoms with Crippen LogP contribution in [0.15, 0.2) is 18.2 Å². The summed E-state index contributed by atoms with van der Waals surface area (Å²) >= 11 is 0. The number of aliphatic hydroxyl groups is 1. The number of ether oxygens (including phenoxy) is 1. The molecule has 5 nitrogen and oxygen atoms in total. The Morgan fingerprint density at radius 1 is 1.43 bits per heavy atom. The molecule has 1 unspecified atom stereocenters. The van der Waals surface area contributed by atoms with Crippen molar-refractivity contribution in [2.45, 2.75) is 6.29 Å². The van der Waals surface area contributed by atoms with Crippen LogP contribution in [0, 0.1) is 0 Å². The molecule has 5 heteroatoms. The second-order valence-electron chi connectivity index (χ2n) is 2.65. The number of aromatic hydroxyl groups is 2. The molecule has 76 valence electrons. The van der Waals surface area contributed by atoms with Crippen molar-refractivity contribution in [1.82, 2.24) is 0 Å². The average Bonchev–Trinajstić information content (AvgIpc) is 2.15. The van der Waals surface area contributed by atoms with Gasteiger partial charge < -0.3 is 20.1 Å². The molecule has 0 fully saturated rings. The molecule has 1 rings (SSSR count).